The number of nitrogens with zero attached hydrogens (tertiary/aromatic N) is 4. The van der Waals surface area contributed by atoms with E-state index in [0.717, 1.165) is 31.4 Å². The van der Waals surface area contributed by atoms with E-state index in [0.29, 0.717) is 48.3 Å². The van der Waals surface area contributed by atoms with Crippen LogP contribution in [-0.4, -0.2) is 48.9 Å². The number of aryl methyl sites for hydroxylation is 3. The number of fused-ring (bicyclic) bond motifs is 2. The van der Waals surface area contributed by atoms with Gasteiger partial charge in [-0.2, -0.15) is 9.29 Å². The van der Waals surface area contributed by atoms with Crippen LogP contribution in [-0.2, 0) is 22.9 Å². The molecular weight excluding hydrogens is 388 g/mol. The van der Waals surface area contributed by atoms with Crippen LogP contribution in [0.5, 0.6) is 0 Å². The molecule has 0 unspecified atom stereocenters. The summed E-state index contributed by atoms with van der Waals surface area (Å²) in [5, 5.41) is 0. The Hall–Kier alpha value is -2.45. The minimum atomic E-state index is -3.50. The van der Waals surface area contributed by atoms with Gasteiger partial charge in [-0.05, 0) is 68.0 Å². The highest BCUT2D eigenvalue weighted by molar-refractivity contribution is 7.89. The van der Waals surface area contributed by atoms with Gasteiger partial charge in [-0.15, -0.1) is 0 Å². The second-order valence-corrected chi connectivity index (χ2v) is 9.74. The smallest absolute Gasteiger partial charge is 0.299 e. The fourth-order valence-electron chi connectivity index (χ4n) is 4.22. The van der Waals surface area contributed by atoms with Crippen LogP contribution in [0.25, 0.3) is 11.2 Å². The average Bonchev–Trinajstić information content (AvgIpc) is 3.26. The molecule has 0 saturated carbocycles. The van der Waals surface area contributed by atoms with Crippen molar-refractivity contribution in [2.75, 3.05) is 31.1 Å². The predicted molar refractivity (Wildman–Crippen MR) is 111 cm³/mol. The lowest BCUT2D eigenvalue weighted by atomic mass is 10.1. The third-order valence-electron chi connectivity index (χ3n) is 5.81. The van der Waals surface area contributed by atoms with Gasteiger partial charge in [0.15, 0.2) is 5.58 Å². The Morgan fingerprint density at radius 1 is 0.931 bits per heavy atom. The molecular formula is C21H24N4O3S. The third-order valence-corrected chi connectivity index (χ3v) is 7.71. The zero-order valence-corrected chi connectivity index (χ0v) is 17.3. The van der Waals surface area contributed by atoms with Crippen LogP contribution in [0.1, 0.15) is 29.7 Å². The van der Waals surface area contributed by atoms with Crippen molar-refractivity contribution in [1.29, 1.82) is 0 Å². The second-order valence-electron chi connectivity index (χ2n) is 7.80. The van der Waals surface area contributed by atoms with Crippen molar-refractivity contribution in [3.8, 4) is 0 Å². The van der Waals surface area contributed by atoms with Crippen LogP contribution in [0.15, 0.2) is 39.6 Å². The summed E-state index contributed by atoms with van der Waals surface area (Å²) in [6, 6.07) is 9.88. The summed E-state index contributed by atoms with van der Waals surface area (Å²) >= 11 is 0. The quantitative estimate of drug-likeness (QED) is 0.658. The minimum absolute atomic E-state index is 0.407. The van der Waals surface area contributed by atoms with Crippen LogP contribution < -0.4 is 4.90 Å². The summed E-state index contributed by atoms with van der Waals surface area (Å²) in [5.41, 5.74) is 4.59. The molecule has 0 radical (unpaired) electrons. The largest absolute Gasteiger partial charge is 0.422 e. The standard InChI is InChI=1S/C21H24N4O3S/c1-15-6-9-19-20(22-15)23-21(28-19)24-10-3-11-25(13-12-24)29(26,27)18-8-7-16-4-2-5-17(16)14-18/h6-9,14H,2-5,10-13H2,1H3. The Labute approximate surface area is 170 Å². The molecule has 29 heavy (non-hydrogen) atoms. The van der Waals surface area contributed by atoms with E-state index < -0.39 is 10.0 Å². The number of benzene rings is 1. The van der Waals surface area contributed by atoms with Crippen molar-refractivity contribution >= 4 is 27.3 Å². The van der Waals surface area contributed by atoms with E-state index in [9.17, 15) is 8.42 Å². The van der Waals surface area contributed by atoms with E-state index in [1.807, 2.05) is 36.1 Å². The van der Waals surface area contributed by atoms with Crippen molar-refractivity contribution < 1.29 is 12.8 Å². The topological polar surface area (TPSA) is 79.5 Å². The maximum atomic E-state index is 13.2. The number of hydrogen-bond donors (Lipinski definition) is 0. The number of rotatable bonds is 3. The number of oxazole rings is 1. The van der Waals surface area contributed by atoms with Crippen LogP contribution in [0.3, 0.4) is 0 Å². The lowest BCUT2D eigenvalue weighted by molar-refractivity contribution is 0.432. The maximum Gasteiger partial charge on any atom is 0.299 e. The molecule has 2 aliphatic rings. The normalized spacial score (nSPS) is 18.2. The van der Waals surface area contributed by atoms with Gasteiger partial charge in [0.1, 0.15) is 0 Å². The number of anilines is 1. The van der Waals surface area contributed by atoms with Gasteiger partial charge in [0.05, 0.1) is 4.90 Å². The molecule has 2 aromatic heterocycles. The number of sulfonamides is 1. The van der Waals surface area contributed by atoms with E-state index in [1.54, 1.807) is 10.4 Å². The number of hydrogen-bond acceptors (Lipinski definition) is 6. The van der Waals surface area contributed by atoms with Gasteiger partial charge in [-0.25, -0.2) is 13.4 Å². The Balaban J connectivity index is 1.36. The zero-order chi connectivity index (χ0) is 20.0. The van der Waals surface area contributed by atoms with Gasteiger partial charge in [-0.1, -0.05) is 6.07 Å². The van der Waals surface area contributed by atoms with Crippen molar-refractivity contribution in [2.24, 2.45) is 0 Å². The van der Waals surface area contributed by atoms with Crippen LogP contribution in [0.2, 0.25) is 0 Å². The Morgan fingerprint density at radius 2 is 1.79 bits per heavy atom. The van der Waals surface area contributed by atoms with Gasteiger partial charge in [0.25, 0.3) is 6.01 Å². The first-order valence-corrected chi connectivity index (χ1v) is 11.6. The maximum absolute atomic E-state index is 13.2. The van der Waals surface area contributed by atoms with E-state index in [2.05, 4.69) is 9.97 Å². The van der Waals surface area contributed by atoms with Gasteiger partial charge in [-0.3, -0.25) is 0 Å². The third kappa shape index (κ3) is 3.40. The minimum Gasteiger partial charge on any atom is -0.422 e. The van der Waals surface area contributed by atoms with Crippen LogP contribution in [0, 0.1) is 6.92 Å². The first kappa shape index (κ1) is 18.6. The van der Waals surface area contributed by atoms with E-state index in [1.165, 1.54) is 11.1 Å². The Morgan fingerprint density at radius 3 is 2.69 bits per heavy atom. The Bertz CT molecular complexity index is 1170. The number of aromatic nitrogens is 2. The molecule has 0 spiro atoms. The Kier molecular flexibility index (Phi) is 4.55. The molecule has 0 bridgehead atoms. The molecule has 3 heterocycles. The molecule has 5 rings (SSSR count). The molecule has 8 heteroatoms. The summed E-state index contributed by atoms with van der Waals surface area (Å²) in [4.78, 5) is 11.3. The van der Waals surface area contributed by atoms with Gasteiger partial charge in [0.2, 0.25) is 15.7 Å². The molecule has 152 valence electrons. The summed E-state index contributed by atoms with van der Waals surface area (Å²) < 4.78 is 33.9. The van der Waals surface area contributed by atoms with Gasteiger partial charge >= 0.3 is 0 Å². The van der Waals surface area contributed by atoms with Gasteiger partial charge in [0, 0.05) is 31.9 Å². The molecule has 1 aliphatic carbocycles. The van der Waals surface area contributed by atoms with E-state index in [-0.39, 0.29) is 0 Å². The van der Waals surface area contributed by atoms with E-state index >= 15 is 0 Å². The highest BCUT2D eigenvalue weighted by Gasteiger charge is 2.29. The number of pyridine rings is 1. The highest BCUT2D eigenvalue weighted by atomic mass is 32.2. The molecule has 0 amide bonds. The van der Waals surface area contributed by atoms with Crippen molar-refractivity contribution in [3.63, 3.8) is 0 Å². The first-order chi connectivity index (χ1) is 14.0. The van der Waals surface area contributed by atoms with Gasteiger partial charge < -0.3 is 9.32 Å². The van der Waals surface area contributed by atoms with Crippen molar-refractivity contribution in [2.45, 2.75) is 37.5 Å². The van der Waals surface area contributed by atoms with Crippen LogP contribution in [0.4, 0.5) is 6.01 Å². The van der Waals surface area contributed by atoms with Crippen molar-refractivity contribution in [1.82, 2.24) is 14.3 Å². The molecule has 1 fully saturated rings. The molecule has 1 saturated heterocycles. The average molecular weight is 413 g/mol. The summed E-state index contributed by atoms with van der Waals surface area (Å²) in [7, 11) is -3.50. The van der Waals surface area contributed by atoms with E-state index in [4.69, 9.17) is 4.42 Å². The fraction of sp³-hybridized carbons (Fsp3) is 0.429. The summed E-state index contributed by atoms with van der Waals surface area (Å²) in [6.07, 6.45) is 3.84. The summed E-state index contributed by atoms with van der Waals surface area (Å²) in [6.45, 7) is 4.05. The molecule has 1 aromatic carbocycles. The lowest BCUT2D eigenvalue weighted by Gasteiger charge is -2.21. The summed E-state index contributed by atoms with van der Waals surface area (Å²) in [5.74, 6) is 0. The zero-order valence-electron chi connectivity index (χ0n) is 16.5. The predicted octanol–water partition coefficient (Wildman–Crippen LogP) is 2.92. The SMILES string of the molecule is Cc1ccc2oc(N3CCCN(S(=O)(=O)c4ccc5c(c4)CCC5)CC3)nc2n1. The second kappa shape index (κ2) is 7.11. The fourth-order valence-corrected chi connectivity index (χ4v) is 5.74. The van der Waals surface area contributed by atoms with Crippen LogP contribution >= 0.6 is 0 Å². The van der Waals surface area contributed by atoms with Crippen molar-refractivity contribution in [3.05, 3.63) is 47.2 Å². The molecule has 7 nitrogen and oxygen atoms in total. The lowest BCUT2D eigenvalue weighted by Crippen LogP contribution is -2.35. The molecule has 0 atom stereocenters. The molecule has 3 aromatic rings. The molecule has 1 aliphatic heterocycles. The first-order valence-electron chi connectivity index (χ1n) is 10.1. The highest BCUT2D eigenvalue weighted by Crippen LogP contribution is 2.27. The molecule has 0 N–H and O–H groups in total. The monoisotopic (exact) mass is 412 g/mol.